The van der Waals surface area contributed by atoms with E-state index in [9.17, 15) is 14.4 Å². The molecule has 0 aliphatic rings. The van der Waals surface area contributed by atoms with Gasteiger partial charge in [-0.1, -0.05) is 30.3 Å². The number of rotatable bonds is 5. The fourth-order valence-electron chi connectivity index (χ4n) is 2.75. The first-order valence-electron chi connectivity index (χ1n) is 9.29. The van der Waals surface area contributed by atoms with Crippen LogP contribution in [-0.4, -0.2) is 29.5 Å². The summed E-state index contributed by atoms with van der Waals surface area (Å²) in [5, 5.41) is 5.62. The van der Waals surface area contributed by atoms with Crippen LogP contribution in [-0.2, 0) is 14.3 Å². The Balaban J connectivity index is 1.49. The highest BCUT2D eigenvalue weighted by Gasteiger charge is 2.10. The Labute approximate surface area is 173 Å². The summed E-state index contributed by atoms with van der Waals surface area (Å²) >= 11 is 0. The average molecular weight is 403 g/mol. The lowest BCUT2D eigenvalue weighted by Gasteiger charge is -2.08. The summed E-state index contributed by atoms with van der Waals surface area (Å²) < 4.78 is 4.89. The third kappa shape index (κ3) is 5.51. The fraction of sp³-hybridized carbons (Fsp3) is 0.130. The lowest BCUT2D eigenvalue weighted by Crippen LogP contribution is -2.37. The first kappa shape index (κ1) is 20.7. The van der Waals surface area contributed by atoms with E-state index in [0.29, 0.717) is 5.69 Å². The average Bonchev–Trinajstić information content (AvgIpc) is 2.73. The number of anilines is 1. The van der Waals surface area contributed by atoms with Gasteiger partial charge in [-0.3, -0.25) is 15.1 Å². The maximum absolute atomic E-state index is 11.9. The van der Waals surface area contributed by atoms with Gasteiger partial charge in [0.1, 0.15) is 0 Å². The Morgan fingerprint density at radius 3 is 2.63 bits per heavy atom. The van der Waals surface area contributed by atoms with E-state index in [4.69, 9.17) is 4.74 Å². The molecule has 152 valence electrons. The molecule has 2 aromatic carbocycles. The summed E-state index contributed by atoms with van der Waals surface area (Å²) in [5.74, 6) is -1.43. The standard InChI is InChI=1S/C23H21N3O4/c1-15-8-10-19(13-16(15)2)25-23(29)26-20(27)14-30-21(28)11-9-18-6-3-5-17-7-4-12-24-22(17)18/h3-13H,14H2,1-2H3,(H2,25,26,27,29)/b11-9-. The maximum atomic E-state index is 11.9. The number of hydrogen-bond acceptors (Lipinski definition) is 5. The van der Waals surface area contributed by atoms with Gasteiger partial charge < -0.3 is 10.1 Å². The molecule has 0 saturated heterocycles. The van der Waals surface area contributed by atoms with Gasteiger partial charge in [0.25, 0.3) is 5.91 Å². The topological polar surface area (TPSA) is 97.4 Å². The number of aromatic nitrogens is 1. The number of pyridine rings is 1. The molecule has 1 heterocycles. The molecule has 3 aromatic rings. The highest BCUT2D eigenvalue weighted by molar-refractivity contribution is 6.02. The van der Waals surface area contributed by atoms with Crippen molar-refractivity contribution in [1.82, 2.24) is 10.3 Å². The smallest absolute Gasteiger partial charge is 0.331 e. The molecule has 0 unspecified atom stereocenters. The highest BCUT2D eigenvalue weighted by atomic mass is 16.5. The van der Waals surface area contributed by atoms with E-state index in [1.165, 1.54) is 6.08 Å². The Kier molecular flexibility index (Phi) is 6.54. The Morgan fingerprint density at radius 1 is 1.03 bits per heavy atom. The quantitative estimate of drug-likeness (QED) is 0.499. The molecule has 30 heavy (non-hydrogen) atoms. The van der Waals surface area contributed by atoms with Crippen molar-refractivity contribution < 1.29 is 19.1 Å². The first-order chi connectivity index (χ1) is 14.4. The van der Waals surface area contributed by atoms with Crippen molar-refractivity contribution in [3.8, 4) is 0 Å². The molecule has 0 fully saturated rings. The number of aryl methyl sites for hydroxylation is 2. The van der Waals surface area contributed by atoms with Gasteiger partial charge in [-0.15, -0.1) is 0 Å². The zero-order valence-electron chi connectivity index (χ0n) is 16.6. The largest absolute Gasteiger partial charge is 0.452 e. The highest BCUT2D eigenvalue weighted by Crippen LogP contribution is 2.17. The van der Waals surface area contributed by atoms with Crippen molar-refractivity contribution in [2.24, 2.45) is 0 Å². The summed E-state index contributed by atoms with van der Waals surface area (Å²) in [5.41, 5.74) is 4.18. The number of carbonyl (C=O) groups excluding carboxylic acids is 3. The zero-order valence-corrected chi connectivity index (χ0v) is 16.6. The van der Waals surface area contributed by atoms with Crippen molar-refractivity contribution in [3.63, 3.8) is 0 Å². The summed E-state index contributed by atoms with van der Waals surface area (Å²) in [4.78, 5) is 39.9. The lowest BCUT2D eigenvalue weighted by molar-refractivity contribution is -0.143. The monoisotopic (exact) mass is 403 g/mol. The van der Waals surface area contributed by atoms with Gasteiger partial charge in [0.15, 0.2) is 6.61 Å². The minimum atomic E-state index is -0.732. The number of nitrogens with zero attached hydrogens (tertiary/aromatic N) is 1. The molecule has 0 saturated carbocycles. The van der Waals surface area contributed by atoms with Gasteiger partial charge >= 0.3 is 12.0 Å². The number of amides is 3. The maximum Gasteiger partial charge on any atom is 0.331 e. The number of esters is 1. The third-order valence-corrected chi connectivity index (χ3v) is 4.43. The van der Waals surface area contributed by atoms with Crippen LogP contribution < -0.4 is 10.6 Å². The van der Waals surface area contributed by atoms with Crippen LogP contribution in [0.5, 0.6) is 0 Å². The number of nitrogens with one attached hydrogen (secondary N) is 2. The van der Waals surface area contributed by atoms with Crippen LogP contribution in [0.25, 0.3) is 17.0 Å². The summed E-state index contributed by atoms with van der Waals surface area (Å²) in [6, 6.07) is 14.1. The van der Waals surface area contributed by atoms with Crippen LogP contribution in [0.3, 0.4) is 0 Å². The van der Waals surface area contributed by atoms with Crippen LogP contribution in [0, 0.1) is 13.8 Å². The molecule has 0 aliphatic carbocycles. The predicted molar refractivity (Wildman–Crippen MR) is 115 cm³/mol. The van der Waals surface area contributed by atoms with Crippen LogP contribution in [0.2, 0.25) is 0 Å². The van der Waals surface area contributed by atoms with Crippen molar-refractivity contribution in [3.05, 3.63) is 77.5 Å². The summed E-state index contributed by atoms with van der Waals surface area (Å²) in [7, 11) is 0. The number of imide groups is 1. The Hall–Kier alpha value is -4.00. The molecule has 0 spiro atoms. The Bertz CT molecular complexity index is 1130. The number of para-hydroxylation sites is 1. The second kappa shape index (κ2) is 9.47. The van der Waals surface area contributed by atoms with E-state index in [0.717, 1.165) is 27.6 Å². The van der Waals surface area contributed by atoms with E-state index >= 15 is 0 Å². The van der Waals surface area contributed by atoms with Gasteiger partial charge in [0, 0.05) is 28.9 Å². The van der Waals surface area contributed by atoms with Crippen LogP contribution >= 0.6 is 0 Å². The van der Waals surface area contributed by atoms with Gasteiger partial charge in [0.05, 0.1) is 5.52 Å². The number of fused-ring (bicyclic) bond motifs is 1. The molecular formula is C23H21N3O4. The second-order valence-electron chi connectivity index (χ2n) is 6.66. The van der Waals surface area contributed by atoms with E-state index < -0.39 is 24.5 Å². The lowest BCUT2D eigenvalue weighted by atomic mass is 10.1. The first-order valence-corrected chi connectivity index (χ1v) is 9.29. The molecule has 0 atom stereocenters. The normalized spacial score (nSPS) is 10.7. The molecular weight excluding hydrogens is 382 g/mol. The Morgan fingerprint density at radius 2 is 1.83 bits per heavy atom. The minimum absolute atomic E-state index is 0.562. The third-order valence-electron chi connectivity index (χ3n) is 4.43. The van der Waals surface area contributed by atoms with Crippen LogP contribution in [0.4, 0.5) is 10.5 Å². The van der Waals surface area contributed by atoms with E-state index in [1.54, 1.807) is 24.4 Å². The fourth-order valence-corrected chi connectivity index (χ4v) is 2.75. The van der Waals surface area contributed by atoms with Crippen LogP contribution in [0.1, 0.15) is 16.7 Å². The number of urea groups is 1. The van der Waals surface area contributed by atoms with Crippen molar-refractivity contribution in [2.75, 3.05) is 11.9 Å². The molecule has 1 aromatic heterocycles. The zero-order chi connectivity index (χ0) is 21.5. The molecule has 2 N–H and O–H groups in total. The molecule has 0 radical (unpaired) electrons. The van der Waals surface area contributed by atoms with E-state index in [2.05, 4.69) is 15.6 Å². The van der Waals surface area contributed by atoms with E-state index in [-0.39, 0.29) is 0 Å². The minimum Gasteiger partial charge on any atom is -0.452 e. The number of hydrogen-bond donors (Lipinski definition) is 2. The van der Waals surface area contributed by atoms with Gasteiger partial charge in [-0.05, 0) is 49.2 Å². The van der Waals surface area contributed by atoms with Crippen LogP contribution in [0.15, 0.2) is 60.8 Å². The molecule has 3 amide bonds. The summed E-state index contributed by atoms with van der Waals surface area (Å²) in [6.07, 6.45) is 4.46. The molecule has 0 bridgehead atoms. The number of benzene rings is 2. The molecule has 0 aliphatic heterocycles. The van der Waals surface area contributed by atoms with Crippen molar-refractivity contribution >= 4 is 40.6 Å². The number of ether oxygens (including phenoxy) is 1. The SMILES string of the molecule is Cc1ccc(NC(=O)NC(=O)COC(=O)/C=C\c2cccc3cccnc23)cc1C. The van der Waals surface area contributed by atoms with Gasteiger partial charge in [-0.25, -0.2) is 9.59 Å². The van der Waals surface area contributed by atoms with Crippen molar-refractivity contribution in [1.29, 1.82) is 0 Å². The van der Waals surface area contributed by atoms with Gasteiger partial charge in [0.2, 0.25) is 0 Å². The molecule has 7 nitrogen and oxygen atoms in total. The van der Waals surface area contributed by atoms with Gasteiger partial charge in [-0.2, -0.15) is 0 Å². The predicted octanol–water partition coefficient (Wildman–Crippen LogP) is 3.76. The van der Waals surface area contributed by atoms with Crippen molar-refractivity contribution in [2.45, 2.75) is 13.8 Å². The number of carbonyl (C=O) groups is 3. The van der Waals surface area contributed by atoms with E-state index in [1.807, 2.05) is 50.2 Å². The summed E-state index contributed by atoms with van der Waals surface area (Å²) in [6.45, 7) is 3.31. The molecule has 3 rings (SSSR count). The second-order valence-corrected chi connectivity index (χ2v) is 6.66. The molecule has 7 heteroatoms.